The van der Waals surface area contributed by atoms with Gasteiger partial charge in [0.05, 0.1) is 0 Å². The maximum absolute atomic E-state index is 3.40. The lowest BCUT2D eigenvalue weighted by molar-refractivity contribution is 1.01. The van der Waals surface area contributed by atoms with E-state index in [9.17, 15) is 0 Å². The molecule has 1 heteroatoms. The number of rotatable bonds is 2. The molecule has 0 bridgehead atoms. The summed E-state index contributed by atoms with van der Waals surface area (Å²) in [6, 6.07) is 8.56. The number of aryl methyl sites for hydroxylation is 2. The summed E-state index contributed by atoms with van der Waals surface area (Å²) in [5.41, 5.74) is 6.21. The Balaban J connectivity index is 2.51. The zero-order valence-corrected chi connectivity index (χ0v) is 11.2. The van der Waals surface area contributed by atoms with Crippen molar-refractivity contribution in [1.29, 1.82) is 0 Å². The van der Waals surface area contributed by atoms with Crippen molar-refractivity contribution in [2.45, 2.75) is 39.4 Å². The van der Waals surface area contributed by atoms with E-state index >= 15 is 0 Å². The Morgan fingerprint density at radius 2 is 1.80 bits per heavy atom. The van der Waals surface area contributed by atoms with Crippen LogP contribution in [0.4, 0.5) is 0 Å². The Morgan fingerprint density at radius 1 is 1.13 bits per heavy atom. The van der Waals surface area contributed by atoms with Crippen molar-refractivity contribution in [1.82, 2.24) is 0 Å². The Labute approximate surface area is 94.7 Å². The molecule has 0 aliphatic rings. The maximum atomic E-state index is 3.40. The highest BCUT2D eigenvalue weighted by Gasteiger charge is 2.06. The number of benzene rings is 1. The predicted octanol–water partition coefficient (Wildman–Crippen LogP) is 3.81. The Morgan fingerprint density at radius 3 is 2.40 bits per heavy atom. The van der Waals surface area contributed by atoms with Crippen LogP contribution in [0.3, 0.4) is 0 Å². The normalized spacial score (nSPS) is 10.7. The topological polar surface area (TPSA) is 0 Å². The summed E-state index contributed by atoms with van der Waals surface area (Å²) in [5.74, 6) is 3.31. The first-order valence-electron chi connectivity index (χ1n) is 5.53. The van der Waals surface area contributed by atoms with Gasteiger partial charge in [0.25, 0.3) is 0 Å². The molecule has 0 aliphatic carbocycles. The zero-order valence-electron chi connectivity index (χ0n) is 10.2. The molecule has 0 saturated heterocycles. The van der Waals surface area contributed by atoms with Gasteiger partial charge < -0.3 is 0 Å². The van der Waals surface area contributed by atoms with Crippen molar-refractivity contribution in [2.24, 2.45) is 0 Å². The van der Waals surface area contributed by atoms with Gasteiger partial charge in [0.15, 0.2) is 0 Å². The highest BCUT2D eigenvalue weighted by atomic mass is 28.3. The number of hydrogen-bond acceptors (Lipinski definition) is 0. The van der Waals surface area contributed by atoms with Crippen molar-refractivity contribution in [3.8, 4) is 11.5 Å². The Hall–Kier alpha value is -1.00. The van der Waals surface area contributed by atoms with E-state index in [-0.39, 0.29) is 0 Å². The molecule has 0 atom stereocenters. The van der Waals surface area contributed by atoms with Gasteiger partial charge in [-0.05, 0) is 24.5 Å². The first kappa shape index (κ1) is 12.1. The van der Waals surface area contributed by atoms with Crippen LogP contribution in [0.1, 0.15) is 17.5 Å². The molecule has 0 radical (unpaired) electrons. The van der Waals surface area contributed by atoms with Crippen LogP contribution in [-0.2, 0) is 6.42 Å². The van der Waals surface area contributed by atoms with Gasteiger partial charge in [-0.1, -0.05) is 43.9 Å². The minimum atomic E-state index is -1.17. The van der Waals surface area contributed by atoms with Crippen LogP contribution in [-0.4, -0.2) is 8.07 Å². The number of hydrogen-bond donors (Lipinski definition) is 0. The molecule has 1 aromatic carbocycles. The molecule has 0 saturated carbocycles. The molecule has 15 heavy (non-hydrogen) atoms. The van der Waals surface area contributed by atoms with E-state index in [1.54, 1.807) is 0 Å². The summed E-state index contributed by atoms with van der Waals surface area (Å²) in [6.07, 6.45) is 2.08. The molecule has 0 heterocycles. The van der Waals surface area contributed by atoms with Crippen molar-refractivity contribution >= 4 is 8.07 Å². The standard InChI is InChI=1S/C14H20Si/c1-13-9-5-6-10-14(13)11-7-8-12-15(2,3)4/h5-6,9-10H,7,11H2,1-4H3. The van der Waals surface area contributed by atoms with Gasteiger partial charge in [-0.15, -0.1) is 11.5 Å². The summed E-state index contributed by atoms with van der Waals surface area (Å²) in [4.78, 5) is 0. The van der Waals surface area contributed by atoms with E-state index in [1.165, 1.54) is 11.1 Å². The van der Waals surface area contributed by atoms with E-state index in [0.717, 1.165) is 12.8 Å². The summed E-state index contributed by atoms with van der Waals surface area (Å²) >= 11 is 0. The summed E-state index contributed by atoms with van der Waals surface area (Å²) < 4.78 is 0. The molecule has 80 valence electrons. The monoisotopic (exact) mass is 216 g/mol. The second kappa shape index (κ2) is 5.18. The largest absolute Gasteiger partial charge is 0.132 e. The van der Waals surface area contributed by atoms with Gasteiger partial charge in [-0.25, -0.2) is 0 Å². The molecule has 0 fully saturated rings. The third kappa shape index (κ3) is 4.85. The second-order valence-electron chi connectivity index (χ2n) is 4.98. The molecule has 0 N–H and O–H groups in total. The van der Waals surface area contributed by atoms with Crippen LogP contribution in [0.2, 0.25) is 19.6 Å². The van der Waals surface area contributed by atoms with Crippen LogP contribution < -0.4 is 0 Å². The zero-order chi connectivity index (χ0) is 11.3. The first-order chi connectivity index (χ1) is 6.99. The summed E-state index contributed by atoms with van der Waals surface area (Å²) in [5, 5.41) is 0. The van der Waals surface area contributed by atoms with Crippen molar-refractivity contribution < 1.29 is 0 Å². The Bertz CT molecular complexity index is 374. The van der Waals surface area contributed by atoms with Crippen LogP contribution in [0.5, 0.6) is 0 Å². The van der Waals surface area contributed by atoms with Crippen LogP contribution in [0, 0.1) is 18.4 Å². The Kier molecular flexibility index (Phi) is 4.17. The van der Waals surface area contributed by atoms with Crippen LogP contribution in [0.15, 0.2) is 24.3 Å². The van der Waals surface area contributed by atoms with Gasteiger partial charge in [0, 0.05) is 6.42 Å². The minimum absolute atomic E-state index is 0.995. The van der Waals surface area contributed by atoms with E-state index in [2.05, 4.69) is 62.3 Å². The van der Waals surface area contributed by atoms with Gasteiger partial charge >= 0.3 is 0 Å². The molecule has 0 nitrogen and oxygen atoms in total. The van der Waals surface area contributed by atoms with Crippen LogP contribution >= 0.6 is 0 Å². The average Bonchev–Trinajstić information content (AvgIpc) is 2.13. The molecular weight excluding hydrogens is 196 g/mol. The summed E-state index contributed by atoms with van der Waals surface area (Å²) in [7, 11) is -1.17. The molecule has 1 aromatic rings. The predicted molar refractivity (Wildman–Crippen MR) is 70.6 cm³/mol. The molecular formula is C14H20Si. The third-order valence-electron chi connectivity index (χ3n) is 2.24. The molecule has 0 amide bonds. The van der Waals surface area contributed by atoms with Gasteiger partial charge in [-0.2, -0.15) is 0 Å². The highest BCUT2D eigenvalue weighted by Crippen LogP contribution is 2.09. The molecule has 1 rings (SSSR count). The maximum Gasteiger partial charge on any atom is 0.129 e. The quantitative estimate of drug-likeness (QED) is 0.521. The minimum Gasteiger partial charge on any atom is -0.132 e. The lowest BCUT2D eigenvalue weighted by Crippen LogP contribution is -2.16. The first-order valence-corrected chi connectivity index (χ1v) is 9.03. The van der Waals surface area contributed by atoms with Gasteiger partial charge in [0.1, 0.15) is 8.07 Å². The fourth-order valence-corrected chi connectivity index (χ4v) is 2.07. The fourth-order valence-electron chi connectivity index (χ4n) is 1.42. The van der Waals surface area contributed by atoms with Gasteiger partial charge in [-0.3, -0.25) is 0 Å². The highest BCUT2D eigenvalue weighted by molar-refractivity contribution is 6.83. The van der Waals surface area contributed by atoms with Crippen molar-refractivity contribution in [3.05, 3.63) is 35.4 Å². The van der Waals surface area contributed by atoms with E-state index < -0.39 is 8.07 Å². The van der Waals surface area contributed by atoms with E-state index in [1.807, 2.05) is 0 Å². The molecule has 0 aromatic heterocycles. The van der Waals surface area contributed by atoms with Crippen molar-refractivity contribution in [2.75, 3.05) is 0 Å². The third-order valence-corrected chi connectivity index (χ3v) is 3.17. The lowest BCUT2D eigenvalue weighted by atomic mass is 10.0. The van der Waals surface area contributed by atoms with Crippen LogP contribution in [0.25, 0.3) is 0 Å². The summed E-state index contributed by atoms with van der Waals surface area (Å²) in [6.45, 7) is 9.02. The molecule has 0 unspecified atom stereocenters. The van der Waals surface area contributed by atoms with E-state index in [0.29, 0.717) is 0 Å². The van der Waals surface area contributed by atoms with Gasteiger partial charge in [0.2, 0.25) is 0 Å². The molecule has 0 aliphatic heterocycles. The molecule has 0 spiro atoms. The van der Waals surface area contributed by atoms with Crippen molar-refractivity contribution in [3.63, 3.8) is 0 Å². The second-order valence-corrected chi connectivity index (χ2v) is 9.73. The van der Waals surface area contributed by atoms with E-state index in [4.69, 9.17) is 0 Å². The SMILES string of the molecule is Cc1ccccc1CCC#C[Si](C)(C)C. The fraction of sp³-hybridized carbons (Fsp3) is 0.429. The smallest absolute Gasteiger partial charge is 0.129 e. The lowest BCUT2D eigenvalue weighted by Gasteiger charge is -2.04. The average molecular weight is 216 g/mol.